The summed E-state index contributed by atoms with van der Waals surface area (Å²) in [5, 5.41) is 7.87. The third-order valence-corrected chi connectivity index (χ3v) is 3.39. The number of nitrogens with zero attached hydrogens (tertiary/aromatic N) is 1. The number of aromatic nitrogens is 1. The summed E-state index contributed by atoms with van der Waals surface area (Å²) in [6.07, 6.45) is 2.92. The van der Waals surface area contributed by atoms with Gasteiger partial charge in [-0.25, -0.2) is 0 Å². The van der Waals surface area contributed by atoms with Crippen molar-refractivity contribution in [1.29, 1.82) is 0 Å². The van der Waals surface area contributed by atoms with E-state index in [1.807, 2.05) is 0 Å². The fourth-order valence-electron chi connectivity index (χ4n) is 2.29. The third-order valence-electron chi connectivity index (χ3n) is 3.39. The molecule has 1 aromatic heterocycles. The minimum absolute atomic E-state index is 0.166. The molecule has 0 saturated heterocycles. The van der Waals surface area contributed by atoms with Gasteiger partial charge in [0.15, 0.2) is 0 Å². The first-order valence-electron chi connectivity index (χ1n) is 7.04. The fourth-order valence-corrected chi connectivity index (χ4v) is 2.29. The number of hydrogen-bond donors (Lipinski definition) is 3. The van der Waals surface area contributed by atoms with Crippen molar-refractivity contribution in [2.75, 3.05) is 10.6 Å². The molecule has 1 atom stereocenters. The Hall–Kier alpha value is -3.22. The maximum absolute atomic E-state index is 12.2. The minimum Gasteiger partial charge on any atom is -0.340 e. The minimum atomic E-state index is -0.938. The van der Waals surface area contributed by atoms with Gasteiger partial charge in [0.05, 0.1) is 29.6 Å². The van der Waals surface area contributed by atoms with E-state index in [4.69, 9.17) is 0 Å². The lowest BCUT2D eigenvalue weighted by molar-refractivity contribution is -0.122. The van der Waals surface area contributed by atoms with Gasteiger partial charge < -0.3 is 16.0 Å². The number of benzene rings is 1. The van der Waals surface area contributed by atoms with Gasteiger partial charge >= 0.3 is 0 Å². The predicted molar refractivity (Wildman–Crippen MR) is 83.8 cm³/mol. The Labute approximate surface area is 132 Å². The number of para-hydroxylation sites is 1. The highest BCUT2D eigenvalue weighted by Crippen LogP contribution is 2.19. The van der Waals surface area contributed by atoms with Gasteiger partial charge in [-0.3, -0.25) is 19.4 Å². The van der Waals surface area contributed by atoms with Crippen LogP contribution < -0.4 is 16.0 Å². The highest BCUT2D eigenvalue weighted by atomic mass is 16.2. The average Bonchev–Trinajstić information content (AvgIpc) is 2.66. The molecule has 3 rings (SSSR count). The quantitative estimate of drug-likeness (QED) is 0.792. The molecule has 3 N–H and O–H groups in total. The van der Waals surface area contributed by atoms with Crippen molar-refractivity contribution in [3.63, 3.8) is 0 Å². The molecule has 2 heterocycles. The van der Waals surface area contributed by atoms with Gasteiger partial charge in [-0.1, -0.05) is 12.1 Å². The lowest BCUT2D eigenvalue weighted by Crippen LogP contribution is -2.43. The monoisotopic (exact) mass is 310 g/mol. The number of hydrogen-bond acceptors (Lipinski definition) is 4. The maximum atomic E-state index is 12.2. The lowest BCUT2D eigenvalue weighted by Gasteiger charge is -2.14. The largest absolute Gasteiger partial charge is 0.340 e. The number of fused-ring (bicyclic) bond motifs is 1. The van der Waals surface area contributed by atoms with Gasteiger partial charge in [0.1, 0.15) is 6.04 Å². The van der Waals surface area contributed by atoms with Crippen LogP contribution in [0.1, 0.15) is 16.8 Å². The second-order valence-electron chi connectivity index (χ2n) is 5.05. The number of anilines is 2. The van der Waals surface area contributed by atoms with Crippen LogP contribution in [0, 0.1) is 0 Å². The van der Waals surface area contributed by atoms with E-state index >= 15 is 0 Å². The first-order valence-corrected chi connectivity index (χ1v) is 7.04. The number of pyridine rings is 1. The van der Waals surface area contributed by atoms with Crippen LogP contribution in [0.2, 0.25) is 0 Å². The Morgan fingerprint density at radius 1 is 1.17 bits per heavy atom. The van der Waals surface area contributed by atoms with E-state index in [1.54, 1.807) is 42.6 Å². The van der Waals surface area contributed by atoms with Crippen LogP contribution in [0.5, 0.6) is 0 Å². The summed E-state index contributed by atoms with van der Waals surface area (Å²) in [5.41, 5.74) is 1.34. The summed E-state index contributed by atoms with van der Waals surface area (Å²) < 4.78 is 0. The fraction of sp³-hybridized carbons (Fsp3) is 0.125. The summed E-state index contributed by atoms with van der Waals surface area (Å²) in [6.45, 7) is 0. The molecule has 23 heavy (non-hydrogen) atoms. The van der Waals surface area contributed by atoms with Crippen molar-refractivity contribution in [3.05, 3.63) is 54.4 Å². The summed E-state index contributed by atoms with van der Waals surface area (Å²) in [7, 11) is 0. The van der Waals surface area contributed by atoms with Crippen molar-refractivity contribution < 1.29 is 14.4 Å². The highest BCUT2D eigenvalue weighted by molar-refractivity contribution is 6.11. The molecule has 7 heteroatoms. The van der Waals surface area contributed by atoms with Gasteiger partial charge in [-0.2, -0.15) is 0 Å². The molecule has 7 nitrogen and oxygen atoms in total. The normalized spacial score (nSPS) is 16.6. The maximum Gasteiger partial charge on any atom is 0.254 e. The molecule has 0 unspecified atom stereocenters. The Bertz CT molecular complexity index is 761. The number of carbonyl (C=O) groups excluding carboxylic acids is 3. The zero-order chi connectivity index (χ0) is 16.2. The Morgan fingerprint density at radius 3 is 2.78 bits per heavy atom. The van der Waals surface area contributed by atoms with Crippen LogP contribution >= 0.6 is 0 Å². The lowest BCUT2D eigenvalue weighted by atomic mass is 10.1. The molecule has 0 aliphatic carbocycles. The third kappa shape index (κ3) is 3.34. The van der Waals surface area contributed by atoms with Crippen LogP contribution in [-0.2, 0) is 9.59 Å². The second-order valence-corrected chi connectivity index (χ2v) is 5.05. The van der Waals surface area contributed by atoms with E-state index in [0.717, 1.165) is 0 Å². The van der Waals surface area contributed by atoms with Gasteiger partial charge in [-0.15, -0.1) is 0 Å². The van der Waals surface area contributed by atoms with E-state index in [1.165, 1.54) is 6.20 Å². The van der Waals surface area contributed by atoms with Gasteiger partial charge in [0, 0.05) is 6.20 Å². The van der Waals surface area contributed by atoms with Gasteiger partial charge in [0.25, 0.3) is 5.91 Å². The van der Waals surface area contributed by atoms with Gasteiger partial charge in [-0.05, 0) is 24.3 Å². The Morgan fingerprint density at radius 2 is 2.00 bits per heavy atom. The molecule has 0 bridgehead atoms. The Balaban J connectivity index is 1.70. The smallest absolute Gasteiger partial charge is 0.254 e. The van der Waals surface area contributed by atoms with Crippen molar-refractivity contribution in [1.82, 2.24) is 10.3 Å². The van der Waals surface area contributed by atoms with E-state index < -0.39 is 17.9 Å². The molecule has 1 aliphatic heterocycles. The second kappa shape index (κ2) is 6.27. The number of rotatable bonds is 3. The topological polar surface area (TPSA) is 100 Å². The molecule has 0 radical (unpaired) electrons. The summed E-state index contributed by atoms with van der Waals surface area (Å²) in [6, 6.07) is 9.13. The van der Waals surface area contributed by atoms with Crippen molar-refractivity contribution >= 4 is 29.1 Å². The van der Waals surface area contributed by atoms with E-state index in [9.17, 15) is 14.4 Å². The molecule has 0 spiro atoms. The first-order chi connectivity index (χ1) is 11.1. The molecule has 0 fully saturated rings. The van der Waals surface area contributed by atoms with Crippen LogP contribution in [0.15, 0.2) is 48.8 Å². The average molecular weight is 310 g/mol. The van der Waals surface area contributed by atoms with E-state index in [0.29, 0.717) is 16.9 Å². The summed E-state index contributed by atoms with van der Waals surface area (Å²) >= 11 is 0. The van der Waals surface area contributed by atoms with Crippen LogP contribution in [0.25, 0.3) is 0 Å². The zero-order valence-corrected chi connectivity index (χ0v) is 12.1. The SMILES string of the molecule is O=C(C[C@H]1NC(=O)c2ccccc2NC1=O)Nc1cccnc1. The van der Waals surface area contributed by atoms with Crippen molar-refractivity contribution in [2.45, 2.75) is 12.5 Å². The van der Waals surface area contributed by atoms with E-state index in [-0.39, 0.29) is 12.3 Å². The standard InChI is InChI=1S/C16H14N4O3/c21-14(18-10-4-3-7-17-9-10)8-13-16(23)19-12-6-2-1-5-11(12)15(22)20-13/h1-7,9,13H,8H2,(H,18,21)(H,19,23)(H,20,22)/t13-/m1/s1. The number of nitrogens with one attached hydrogen (secondary N) is 3. The van der Waals surface area contributed by atoms with Crippen molar-refractivity contribution in [2.24, 2.45) is 0 Å². The number of amides is 3. The van der Waals surface area contributed by atoms with Gasteiger partial charge in [0.2, 0.25) is 11.8 Å². The molecule has 3 amide bonds. The first kappa shape index (κ1) is 14.7. The highest BCUT2D eigenvalue weighted by Gasteiger charge is 2.29. The molecular weight excluding hydrogens is 296 g/mol. The summed E-state index contributed by atoms with van der Waals surface area (Å²) in [4.78, 5) is 40.3. The van der Waals surface area contributed by atoms with E-state index in [2.05, 4.69) is 20.9 Å². The molecular formula is C16H14N4O3. The molecule has 116 valence electrons. The molecule has 1 aliphatic rings. The zero-order valence-electron chi connectivity index (χ0n) is 12.1. The van der Waals surface area contributed by atoms with Crippen molar-refractivity contribution in [3.8, 4) is 0 Å². The van der Waals surface area contributed by atoms with Crippen LogP contribution in [0.4, 0.5) is 11.4 Å². The molecule has 2 aromatic rings. The number of carbonyl (C=O) groups is 3. The van der Waals surface area contributed by atoms with Crippen LogP contribution in [0.3, 0.4) is 0 Å². The van der Waals surface area contributed by atoms with Crippen LogP contribution in [-0.4, -0.2) is 28.7 Å². The summed E-state index contributed by atoms with van der Waals surface area (Å²) in [5.74, 6) is -1.20. The Kier molecular flexibility index (Phi) is 4.01. The molecule has 0 saturated carbocycles. The molecule has 1 aromatic carbocycles. The predicted octanol–water partition coefficient (Wildman–Crippen LogP) is 1.16.